The summed E-state index contributed by atoms with van der Waals surface area (Å²) in [4.78, 5) is 2.49. The smallest absolute Gasteiger partial charge is 0.261 e. The summed E-state index contributed by atoms with van der Waals surface area (Å²) in [6.45, 7) is 3.77. The lowest BCUT2D eigenvalue weighted by Gasteiger charge is -2.30. The highest BCUT2D eigenvalue weighted by atomic mass is 32.2. The number of benzene rings is 2. The Morgan fingerprint density at radius 2 is 1.94 bits per heavy atom. The van der Waals surface area contributed by atoms with Crippen LogP contribution in [0, 0.1) is 0 Å². The van der Waals surface area contributed by atoms with Crippen LogP contribution in [0.1, 0.15) is 46.6 Å². The van der Waals surface area contributed by atoms with Crippen LogP contribution in [0.4, 0.5) is 0 Å². The van der Waals surface area contributed by atoms with Gasteiger partial charge in [0.1, 0.15) is 5.75 Å². The van der Waals surface area contributed by atoms with Crippen molar-refractivity contribution in [2.45, 2.75) is 44.8 Å². The van der Waals surface area contributed by atoms with Crippen molar-refractivity contribution in [3.63, 3.8) is 0 Å². The lowest BCUT2D eigenvalue weighted by molar-refractivity contribution is 0.134. The molecule has 0 amide bonds. The van der Waals surface area contributed by atoms with E-state index in [-0.39, 0.29) is 0 Å². The van der Waals surface area contributed by atoms with Gasteiger partial charge in [0.05, 0.1) is 26.6 Å². The highest BCUT2D eigenvalue weighted by Gasteiger charge is 2.23. The normalized spacial score (nSPS) is 17.5. The van der Waals surface area contributed by atoms with Gasteiger partial charge in [0, 0.05) is 13.1 Å². The molecule has 31 heavy (non-hydrogen) atoms. The van der Waals surface area contributed by atoms with Gasteiger partial charge in [-0.2, -0.15) is 8.42 Å². The Bertz CT molecular complexity index is 981. The first-order valence-corrected chi connectivity index (χ1v) is 12.5. The summed E-state index contributed by atoms with van der Waals surface area (Å²) in [7, 11) is 0.373. The molecule has 0 saturated heterocycles. The maximum absolute atomic E-state index is 9.19. The molecule has 0 spiro atoms. The van der Waals surface area contributed by atoms with E-state index in [1.54, 1.807) is 7.11 Å². The zero-order chi connectivity index (χ0) is 22.4. The molecule has 0 fully saturated rings. The number of likely N-dealkylation sites (N-methyl/N-ethyl adjacent to an activating group) is 1. The molecule has 4 rings (SSSR count). The van der Waals surface area contributed by atoms with Crippen LogP contribution < -0.4 is 4.74 Å². The van der Waals surface area contributed by atoms with Crippen molar-refractivity contribution >= 4 is 10.1 Å². The number of ether oxygens (including phenoxy) is 2. The van der Waals surface area contributed by atoms with Crippen LogP contribution in [-0.2, 0) is 40.9 Å². The van der Waals surface area contributed by atoms with Gasteiger partial charge < -0.3 is 14.4 Å². The first-order valence-electron chi connectivity index (χ1n) is 10.7. The second-order valence-electron chi connectivity index (χ2n) is 8.46. The third-order valence-electron chi connectivity index (χ3n) is 5.91. The average Bonchev–Trinajstić information content (AvgIpc) is 3.19. The molecule has 0 bridgehead atoms. The van der Waals surface area contributed by atoms with Gasteiger partial charge in [-0.15, -0.1) is 0 Å². The molecule has 170 valence electrons. The number of methoxy groups -OCH3 is 1. The standard InChI is InChI=1S/C23H29NO2.CH4O3S/c1-24(12-11-17-9-10-19-15-26-16-20(19)13-17)14-18-5-3-7-22-21(18)6-4-8-23(22)25-2;1-5(2,3)4/h4,6,8-10,13,18H,3,5,7,11-12,14-16H2,1-2H3;1H3,(H,2,3,4)/t18-;/m0./s1. The number of rotatable bonds is 6. The third-order valence-corrected chi connectivity index (χ3v) is 5.91. The molecule has 7 heteroatoms. The zero-order valence-corrected chi connectivity index (χ0v) is 19.5. The molecule has 1 aliphatic heterocycles. The van der Waals surface area contributed by atoms with Crippen LogP contribution in [0.3, 0.4) is 0 Å². The Kier molecular flexibility index (Phi) is 8.11. The van der Waals surface area contributed by atoms with Crippen molar-refractivity contribution in [1.29, 1.82) is 0 Å². The SMILES string of the molecule is COc1cccc2c1CCC[C@H]2CN(C)CCc1ccc2c(c1)COC2.CS(=O)(=O)O. The van der Waals surface area contributed by atoms with E-state index in [0.717, 1.165) is 44.9 Å². The molecule has 0 aromatic heterocycles. The van der Waals surface area contributed by atoms with E-state index in [2.05, 4.69) is 48.3 Å². The zero-order valence-electron chi connectivity index (χ0n) is 18.6. The van der Waals surface area contributed by atoms with Gasteiger partial charge in [0.25, 0.3) is 10.1 Å². The van der Waals surface area contributed by atoms with Gasteiger partial charge in [0.2, 0.25) is 0 Å². The van der Waals surface area contributed by atoms with Crippen molar-refractivity contribution in [3.05, 3.63) is 64.2 Å². The molecule has 1 heterocycles. The van der Waals surface area contributed by atoms with E-state index in [0.29, 0.717) is 12.2 Å². The van der Waals surface area contributed by atoms with Gasteiger partial charge in [-0.1, -0.05) is 30.3 Å². The maximum Gasteiger partial charge on any atom is 0.261 e. The van der Waals surface area contributed by atoms with E-state index >= 15 is 0 Å². The van der Waals surface area contributed by atoms with Crippen LogP contribution in [0.15, 0.2) is 36.4 Å². The Balaban J connectivity index is 0.000000491. The van der Waals surface area contributed by atoms with Crippen molar-refractivity contribution in [1.82, 2.24) is 4.90 Å². The summed E-state index contributed by atoms with van der Waals surface area (Å²) in [5, 5.41) is 0. The van der Waals surface area contributed by atoms with Crippen LogP contribution >= 0.6 is 0 Å². The fourth-order valence-electron chi connectivity index (χ4n) is 4.46. The van der Waals surface area contributed by atoms with Crippen molar-refractivity contribution < 1.29 is 22.4 Å². The van der Waals surface area contributed by atoms with E-state index in [9.17, 15) is 8.42 Å². The number of nitrogens with zero attached hydrogens (tertiary/aromatic N) is 1. The molecule has 2 aliphatic rings. The maximum atomic E-state index is 9.19. The summed E-state index contributed by atoms with van der Waals surface area (Å²) in [5.74, 6) is 1.68. The predicted molar refractivity (Wildman–Crippen MR) is 122 cm³/mol. The lowest BCUT2D eigenvalue weighted by atomic mass is 9.82. The molecular formula is C24H33NO5S. The fraction of sp³-hybridized carbons (Fsp3) is 0.500. The third kappa shape index (κ3) is 7.04. The largest absolute Gasteiger partial charge is 0.496 e. The van der Waals surface area contributed by atoms with Gasteiger partial charge in [-0.3, -0.25) is 4.55 Å². The van der Waals surface area contributed by atoms with Gasteiger partial charge in [-0.25, -0.2) is 0 Å². The Labute approximate surface area is 185 Å². The van der Waals surface area contributed by atoms with Gasteiger partial charge in [-0.05, 0) is 72.5 Å². The van der Waals surface area contributed by atoms with Crippen LogP contribution in [0.2, 0.25) is 0 Å². The molecule has 2 aromatic carbocycles. The topological polar surface area (TPSA) is 76.1 Å². The Morgan fingerprint density at radius 3 is 2.68 bits per heavy atom. The predicted octanol–water partition coefficient (Wildman–Crippen LogP) is 3.82. The van der Waals surface area contributed by atoms with Crippen LogP contribution in [0.5, 0.6) is 5.75 Å². The molecule has 1 atom stereocenters. The summed E-state index contributed by atoms with van der Waals surface area (Å²) in [6.07, 6.45) is 5.50. The first-order chi connectivity index (χ1) is 14.7. The number of hydrogen-bond acceptors (Lipinski definition) is 5. The highest BCUT2D eigenvalue weighted by Crippen LogP contribution is 2.36. The highest BCUT2D eigenvalue weighted by molar-refractivity contribution is 7.85. The monoisotopic (exact) mass is 447 g/mol. The Morgan fingerprint density at radius 1 is 1.19 bits per heavy atom. The van der Waals surface area contributed by atoms with Gasteiger partial charge in [0.15, 0.2) is 0 Å². The number of hydrogen-bond donors (Lipinski definition) is 1. The van der Waals surface area contributed by atoms with Crippen LogP contribution in [0.25, 0.3) is 0 Å². The van der Waals surface area contributed by atoms with Gasteiger partial charge >= 0.3 is 0 Å². The fourth-order valence-corrected chi connectivity index (χ4v) is 4.46. The lowest BCUT2D eigenvalue weighted by Crippen LogP contribution is -2.28. The van der Waals surface area contributed by atoms with Crippen molar-refractivity contribution in [2.24, 2.45) is 0 Å². The molecule has 1 aliphatic carbocycles. The molecule has 1 N–H and O–H groups in total. The first kappa shape index (κ1) is 23.7. The summed E-state index contributed by atoms with van der Waals surface area (Å²) >= 11 is 0. The van der Waals surface area contributed by atoms with Crippen molar-refractivity contribution in [3.8, 4) is 5.75 Å². The van der Waals surface area contributed by atoms with E-state index in [4.69, 9.17) is 14.0 Å². The molecule has 0 radical (unpaired) electrons. The van der Waals surface area contributed by atoms with E-state index in [1.165, 1.54) is 40.7 Å². The second kappa shape index (κ2) is 10.6. The summed E-state index contributed by atoms with van der Waals surface area (Å²) in [5.41, 5.74) is 7.08. The summed E-state index contributed by atoms with van der Waals surface area (Å²) < 4.78 is 37.0. The number of fused-ring (bicyclic) bond motifs is 2. The van der Waals surface area contributed by atoms with Crippen molar-refractivity contribution in [2.75, 3.05) is 33.5 Å². The summed E-state index contributed by atoms with van der Waals surface area (Å²) in [6, 6.07) is 13.4. The molecule has 0 unspecified atom stereocenters. The van der Waals surface area contributed by atoms with E-state index in [1.807, 2.05) is 0 Å². The molecule has 6 nitrogen and oxygen atoms in total. The quantitative estimate of drug-likeness (QED) is 0.679. The minimum atomic E-state index is -3.67. The molecule has 0 saturated carbocycles. The van der Waals surface area contributed by atoms with E-state index < -0.39 is 10.1 Å². The molecule has 2 aromatic rings. The second-order valence-corrected chi connectivity index (χ2v) is 9.92. The minimum absolute atomic E-state index is 0.618. The minimum Gasteiger partial charge on any atom is -0.496 e. The van der Waals surface area contributed by atoms with Crippen LogP contribution in [-0.4, -0.2) is 51.4 Å². The average molecular weight is 448 g/mol. The molecular weight excluding hydrogens is 414 g/mol. The Hall–Kier alpha value is -1.93.